The molecule has 1 aliphatic heterocycles. The number of nitrogens with one attached hydrogen (secondary N) is 2. The lowest BCUT2D eigenvalue weighted by Crippen LogP contribution is -2.51. The average Bonchev–Trinajstić information content (AvgIpc) is 3.60. The number of benzene rings is 2. The molecule has 0 saturated heterocycles. The summed E-state index contributed by atoms with van der Waals surface area (Å²) in [6, 6.07) is 16.7. The molecule has 0 spiro atoms. The van der Waals surface area contributed by atoms with Gasteiger partial charge in [0.25, 0.3) is 5.91 Å². The van der Waals surface area contributed by atoms with E-state index in [0.29, 0.717) is 49.7 Å². The predicted octanol–water partition coefficient (Wildman–Crippen LogP) is 4.67. The fourth-order valence-corrected chi connectivity index (χ4v) is 6.37. The SMILES string of the molecule is CC[C@H](C)[C@@H]1NC(=O)CCCN(C(=O)c2csc3ccccc23)CCn2nc(C)nc2[C@H](Cc2ccccc2)NC1=O. The number of aryl methyl sites for hydroxylation is 1. The van der Waals surface area contributed by atoms with Crippen LogP contribution in [0.1, 0.15) is 66.7 Å². The van der Waals surface area contributed by atoms with Crippen molar-refractivity contribution in [2.75, 3.05) is 13.1 Å². The summed E-state index contributed by atoms with van der Waals surface area (Å²) in [5.41, 5.74) is 1.71. The Kier molecular flexibility index (Phi) is 9.31. The maximum atomic E-state index is 13.9. The van der Waals surface area contributed by atoms with Crippen LogP contribution in [0.2, 0.25) is 0 Å². The smallest absolute Gasteiger partial charge is 0.255 e. The lowest BCUT2D eigenvalue weighted by atomic mass is 9.97. The largest absolute Gasteiger partial charge is 0.344 e. The van der Waals surface area contributed by atoms with Gasteiger partial charge < -0.3 is 15.5 Å². The molecule has 0 saturated carbocycles. The van der Waals surface area contributed by atoms with Crippen LogP contribution in [0, 0.1) is 12.8 Å². The van der Waals surface area contributed by atoms with E-state index in [1.807, 2.05) is 90.3 Å². The molecular formula is C32H38N6O3S. The van der Waals surface area contributed by atoms with E-state index in [2.05, 4.69) is 15.7 Å². The Morgan fingerprint density at radius 2 is 1.81 bits per heavy atom. The molecule has 0 unspecified atom stereocenters. The third-order valence-corrected chi connectivity index (χ3v) is 8.90. The lowest BCUT2D eigenvalue weighted by molar-refractivity contribution is -0.130. The van der Waals surface area contributed by atoms with Crippen molar-refractivity contribution in [1.29, 1.82) is 0 Å². The highest BCUT2D eigenvalue weighted by molar-refractivity contribution is 7.17. The van der Waals surface area contributed by atoms with Crippen LogP contribution in [-0.2, 0) is 22.6 Å². The summed E-state index contributed by atoms with van der Waals surface area (Å²) in [7, 11) is 0. The van der Waals surface area contributed by atoms with Crippen molar-refractivity contribution in [1.82, 2.24) is 30.3 Å². The molecule has 2 aromatic carbocycles. The zero-order valence-corrected chi connectivity index (χ0v) is 25.2. The van der Waals surface area contributed by atoms with Crippen LogP contribution in [0.25, 0.3) is 10.1 Å². The number of carbonyl (C=O) groups excluding carboxylic acids is 3. The molecule has 1 aliphatic rings. The van der Waals surface area contributed by atoms with Gasteiger partial charge in [0.15, 0.2) is 0 Å². The van der Waals surface area contributed by atoms with E-state index in [-0.39, 0.29) is 30.1 Å². The molecule has 9 nitrogen and oxygen atoms in total. The third-order valence-electron chi connectivity index (χ3n) is 7.94. The second-order valence-corrected chi connectivity index (χ2v) is 11.9. The molecule has 3 amide bonds. The zero-order chi connectivity index (χ0) is 29.6. The van der Waals surface area contributed by atoms with Gasteiger partial charge in [0.1, 0.15) is 17.7 Å². The van der Waals surface area contributed by atoms with Crippen molar-refractivity contribution >= 4 is 39.1 Å². The van der Waals surface area contributed by atoms with Gasteiger partial charge in [-0.3, -0.25) is 14.4 Å². The number of aromatic nitrogens is 3. The van der Waals surface area contributed by atoms with Crippen LogP contribution in [0.4, 0.5) is 0 Å². The number of amides is 3. The number of nitrogens with zero attached hydrogens (tertiary/aromatic N) is 4. The molecule has 10 heteroatoms. The zero-order valence-electron chi connectivity index (χ0n) is 24.4. The molecule has 0 bridgehead atoms. The fourth-order valence-electron chi connectivity index (χ4n) is 5.43. The van der Waals surface area contributed by atoms with Gasteiger partial charge in [-0.05, 0) is 37.3 Å². The number of carbonyl (C=O) groups is 3. The number of hydrogen-bond acceptors (Lipinski definition) is 6. The predicted molar refractivity (Wildman–Crippen MR) is 164 cm³/mol. The Bertz CT molecular complexity index is 1550. The number of thiophene rings is 1. The lowest BCUT2D eigenvalue weighted by Gasteiger charge is -2.28. The Balaban J connectivity index is 1.50. The molecule has 4 aromatic rings. The first-order chi connectivity index (χ1) is 20.3. The van der Waals surface area contributed by atoms with Crippen molar-refractivity contribution < 1.29 is 14.4 Å². The Morgan fingerprint density at radius 3 is 2.60 bits per heavy atom. The molecule has 220 valence electrons. The van der Waals surface area contributed by atoms with Crippen molar-refractivity contribution in [3.63, 3.8) is 0 Å². The van der Waals surface area contributed by atoms with Crippen molar-refractivity contribution in [3.8, 4) is 0 Å². The van der Waals surface area contributed by atoms with E-state index in [1.54, 1.807) is 11.3 Å². The van der Waals surface area contributed by atoms with Gasteiger partial charge in [0.2, 0.25) is 11.8 Å². The van der Waals surface area contributed by atoms with Gasteiger partial charge >= 0.3 is 0 Å². The molecule has 0 radical (unpaired) electrons. The number of fused-ring (bicyclic) bond motifs is 2. The van der Waals surface area contributed by atoms with Crippen molar-refractivity contribution in [2.24, 2.45) is 5.92 Å². The Labute approximate surface area is 250 Å². The van der Waals surface area contributed by atoms with Gasteiger partial charge in [-0.1, -0.05) is 68.8 Å². The highest BCUT2D eigenvalue weighted by Gasteiger charge is 2.31. The second-order valence-electron chi connectivity index (χ2n) is 11.0. The first kappa shape index (κ1) is 29.4. The van der Waals surface area contributed by atoms with Gasteiger partial charge in [-0.15, -0.1) is 11.3 Å². The van der Waals surface area contributed by atoms with Crippen molar-refractivity contribution in [3.05, 3.63) is 82.8 Å². The normalized spacial score (nSPS) is 19.5. The van der Waals surface area contributed by atoms with Gasteiger partial charge in [0, 0.05) is 35.0 Å². The average molecular weight is 587 g/mol. The minimum atomic E-state index is -0.684. The summed E-state index contributed by atoms with van der Waals surface area (Å²) in [5, 5.41) is 13.7. The van der Waals surface area contributed by atoms with Crippen molar-refractivity contribution in [2.45, 2.75) is 65.1 Å². The number of rotatable bonds is 5. The molecule has 0 fully saturated rings. The fraction of sp³-hybridized carbons (Fsp3) is 0.406. The Hall–Kier alpha value is -4.05. The summed E-state index contributed by atoms with van der Waals surface area (Å²) < 4.78 is 2.88. The van der Waals surface area contributed by atoms with E-state index in [9.17, 15) is 14.4 Å². The van der Waals surface area contributed by atoms with Gasteiger partial charge in [-0.25, -0.2) is 9.67 Å². The van der Waals surface area contributed by atoms with Crippen LogP contribution in [0.5, 0.6) is 0 Å². The monoisotopic (exact) mass is 586 g/mol. The minimum absolute atomic E-state index is 0.0649. The van der Waals surface area contributed by atoms with E-state index >= 15 is 0 Å². The highest BCUT2D eigenvalue weighted by atomic mass is 32.1. The molecule has 0 aliphatic carbocycles. The molecule has 2 aromatic heterocycles. The Morgan fingerprint density at radius 1 is 1.05 bits per heavy atom. The summed E-state index contributed by atoms with van der Waals surface area (Å²) in [5.74, 6) is 0.664. The van der Waals surface area contributed by atoms with E-state index in [0.717, 1.165) is 22.1 Å². The summed E-state index contributed by atoms with van der Waals surface area (Å²) in [6.07, 6.45) is 1.94. The topological polar surface area (TPSA) is 109 Å². The minimum Gasteiger partial charge on any atom is -0.344 e. The highest BCUT2D eigenvalue weighted by Crippen LogP contribution is 2.27. The molecule has 3 atom stereocenters. The number of hydrogen-bond donors (Lipinski definition) is 2. The quantitative estimate of drug-likeness (QED) is 0.353. The van der Waals surface area contributed by atoms with E-state index in [1.165, 1.54) is 0 Å². The van der Waals surface area contributed by atoms with Crippen LogP contribution < -0.4 is 10.6 Å². The molecule has 2 N–H and O–H groups in total. The van der Waals surface area contributed by atoms with Crippen LogP contribution >= 0.6 is 11.3 Å². The molecule has 5 rings (SSSR count). The van der Waals surface area contributed by atoms with Gasteiger partial charge in [0.05, 0.1) is 18.2 Å². The maximum absolute atomic E-state index is 13.9. The first-order valence-corrected chi connectivity index (χ1v) is 15.5. The summed E-state index contributed by atoms with van der Waals surface area (Å²) in [4.78, 5) is 47.2. The van der Waals surface area contributed by atoms with E-state index < -0.39 is 12.1 Å². The summed E-state index contributed by atoms with van der Waals surface area (Å²) in [6.45, 7) is 7.02. The first-order valence-electron chi connectivity index (χ1n) is 14.6. The third kappa shape index (κ3) is 6.70. The van der Waals surface area contributed by atoms with Gasteiger partial charge in [-0.2, -0.15) is 5.10 Å². The summed E-state index contributed by atoms with van der Waals surface area (Å²) >= 11 is 1.55. The van der Waals surface area contributed by atoms with Crippen LogP contribution in [0.15, 0.2) is 60.0 Å². The van der Waals surface area contributed by atoms with E-state index in [4.69, 9.17) is 4.98 Å². The maximum Gasteiger partial charge on any atom is 0.255 e. The standard InChI is InChI=1S/C32H38N6O3S/c1-4-21(2)29-31(40)34-26(19-23-11-6-5-7-12-23)30-33-22(3)36-38(30)18-17-37(16-10-15-28(39)35-29)32(41)25-20-42-27-14-9-8-13-24(25)27/h5-9,11-14,20-21,26,29H,4,10,15-19H2,1-3H3,(H,34,40)(H,35,39)/t21-,26-,29-/m0/s1. The molecule has 3 heterocycles. The second kappa shape index (κ2) is 13.3. The van der Waals surface area contributed by atoms with Crippen LogP contribution in [0.3, 0.4) is 0 Å². The molecule has 42 heavy (non-hydrogen) atoms. The van der Waals surface area contributed by atoms with Crippen LogP contribution in [-0.4, -0.2) is 56.5 Å². The molecular weight excluding hydrogens is 548 g/mol.